The van der Waals surface area contributed by atoms with Gasteiger partial charge in [0.25, 0.3) is 5.91 Å². The maximum Gasteiger partial charge on any atom is 0.255 e. The van der Waals surface area contributed by atoms with E-state index in [2.05, 4.69) is 16.0 Å². The molecule has 0 atom stereocenters. The Hall–Kier alpha value is -2.89. The molecule has 0 bridgehead atoms. The van der Waals surface area contributed by atoms with E-state index in [1.807, 2.05) is 47.4 Å². The first-order valence-electron chi connectivity index (χ1n) is 10.1. The predicted molar refractivity (Wildman–Crippen MR) is 118 cm³/mol. The molecule has 0 N–H and O–H groups in total. The van der Waals surface area contributed by atoms with Gasteiger partial charge < -0.3 is 9.64 Å². The molecule has 1 aromatic heterocycles. The number of hydrogen-bond donors (Lipinski definition) is 0. The van der Waals surface area contributed by atoms with Gasteiger partial charge in [0, 0.05) is 44.5 Å². The summed E-state index contributed by atoms with van der Waals surface area (Å²) < 4.78 is 6.04. The van der Waals surface area contributed by atoms with Gasteiger partial charge in [0.1, 0.15) is 11.5 Å². The van der Waals surface area contributed by atoms with Crippen LogP contribution in [0.25, 0.3) is 0 Å². The summed E-state index contributed by atoms with van der Waals surface area (Å²) in [5.41, 5.74) is 1.69. The maximum atomic E-state index is 12.9. The molecular weight excluding hydrogens is 398 g/mol. The third-order valence-corrected chi connectivity index (χ3v) is 5.54. The number of ether oxygens (including phenoxy) is 1. The molecule has 1 aliphatic heterocycles. The van der Waals surface area contributed by atoms with Crippen LogP contribution in [0.15, 0.2) is 73.1 Å². The average molecular weight is 422 g/mol. The van der Waals surface area contributed by atoms with Crippen LogP contribution >= 0.6 is 11.6 Å². The highest BCUT2D eigenvalue weighted by atomic mass is 35.5. The van der Waals surface area contributed by atoms with Crippen molar-refractivity contribution in [2.24, 2.45) is 0 Å². The van der Waals surface area contributed by atoms with Gasteiger partial charge in [-0.3, -0.25) is 14.7 Å². The molecule has 1 aliphatic rings. The molecule has 30 heavy (non-hydrogen) atoms. The Bertz CT molecular complexity index is 997. The molecule has 0 unspecified atom stereocenters. The zero-order chi connectivity index (χ0) is 20.8. The van der Waals surface area contributed by atoms with E-state index in [0.717, 1.165) is 49.7 Å². The predicted octanol–water partition coefficient (Wildman–Crippen LogP) is 4.88. The van der Waals surface area contributed by atoms with Gasteiger partial charge in [-0.05, 0) is 36.8 Å². The van der Waals surface area contributed by atoms with Crippen LogP contribution in [0.1, 0.15) is 22.3 Å². The van der Waals surface area contributed by atoms with Crippen molar-refractivity contribution in [1.82, 2.24) is 14.8 Å². The highest BCUT2D eigenvalue weighted by molar-refractivity contribution is 6.33. The van der Waals surface area contributed by atoms with Crippen LogP contribution in [0.4, 0.5) is 0 Å². The molecule has 5 nitrogen and oxygen atoms in total. The fraction of sp³-hybridized carbons (Fsp3) is 0.250. The van der Waals surface area contributed by atoms with Crippen molar-refractivity contribution in [1.29, 1.82) is 0 Å². The van der Waals surface area contributed by atoms with E-state index in [4.69, 9.17) is 16.3 Å². The minimum atomic E-state index is 0.00256. The van der Waals surface area contributed by atoms with Gasteiger partial charge in [-0.15, -0.1) is 0 Å². The van der Waals surface area contributed by atoms with E-state index in [1.165, 1.54) is 0 Å². The number of pyridine rings is 1. The summed E-state index contributed by atoms with van der Waals surface area (Å²) in [7, 11) is 0. The molecular formula is C24H24ClN3O2. The Labute approximate surface area is 181 Å². The maximum absolute atomic E-state index is 12.9. The second kappa shape index (κ2) is 9.74. The highest BCUT2D eigenvalue weighted by Gasteiger charge is 2.22. The molecule has 1 fully saturated rings. The number of amides is 1. The lowest BCUT2D eigenvalue weighted by molar-refractivity contribution is 0.0761. The Morgan fingerprint density at radius 1 is 0.967 bits per heavy atom. The molecule has 2 aromatic carbocycles. The largest absolute Gasteiger partial charge is 0.455 e. The van der Waals surface area contributed by atoms with Gasteiger partial charge in [0.2, 0.25) is 0 Å². The second-order valence-electron chi connectivity index (χ2n) is 7.30. The van der Waals surface area contributed by atoms with Crippen molar-refractivity contribution in [2.75, 3.05) is 26.2 Å². The fourth-order valence-electron chi connectivity index (χ4n) is 3.65. The third kappa shape index (κ3) is 4.99. The van der Waals surface area contributed by atoms with Crippen LogP contribution in [-0.2, 0) is 6.54 Å². The number of para-hydroxylation sites is 1. The minimum absolute atomic E-state index is 0.00256. The number of rotatable bonds is 5. The SMILES string of the molecule is O=C(c1ccccc1Cl)N1CCCN(Cc2ccccc2Oc2cccnc2)CC1. The van der Waals surface area contributed by atoms with Crippen LogP contribution in [0.3, 0.4) is 0 Å². The first-order chi connectivity index (χ1) is 14.7. The van der Waals surface area contributed by atoms with Gasteiger partial charge in [0.15, 0.2) is 0 Å². The summed E-state index contributed by atoms with van der Waals surface area (Å²) in [6, 6.07) is 19.1. The lowest BCUT2D eigenvalue weighted by Gasteiger charge is -2.23. The number of carbonyl (C=O) groups is 1. The van der Waals surface area contributed by atoms with Crippen molar-refractivity contribution in [2.45, 2.75) is 13.0 Å². The Balaban J connectivity index is 1.41. The van der Waals surface area contributed by atoms with E-state index in [0.29, 0.717) is 17.1 Å². The molecule has 3 aromatic rings. The van der Waals surface area contributed by atoms with Crippen LogP contribution in [0.5, 0.6) is 11.5 Å². The standard InChI is InChI=1S/C24H24ClN3O2/c25-22-10-3-2-9-21(22)24(29)28-14-6-13-27(15-16-28)18-19-7-1-4-11-23(19)30-20-8-5-12-26-17-20/h1-5,7-12,17H,6,13-16,18H2. The minimum Gasteiger partial charge on any atom is -0.455 e. The molecule has 0 radical (unpaired) electrons. The van der Waals surface area contributed by atoms with Crippen LogP contribution in [0, 0.1) is 0 Å². The Kier molecular flexibility index (Phi) is 6.62. The van der Waals surface area contributed by atoms with Gasteiger partial charge >= 0.3 is 0 Å². The summed E-state index contributed by atoms with van der Waals surface area (Å²) in [6.07, 6.45) is 4.36. The zero-order valence-corrected chi connectivity index (χ0v) is 17.5. The molecule has 2 heterocycles. The second-order valence-corrected chi connectivity index (χ2v) is 7.71. The molecule has 1 saturated heterocycles. The Morgan fingerprint density at radius 2 is 1.80 bits per heavy atom. The third-order valence-electron chi connectivity index (χ3n) is 5.21. The summed E-state index contributed by atoms with van der Waals surface area (Å²) in [5.74, 6) is 1.55. The Morgan fingerprint density at radius 3 is 2.63 bits per heavy atom. The molecule has 0 spiro atoms. The number of aromatic nitrogens is 1. The molecule has 1 amide bonds. The number of benzene rings is 2. The normalized spacial score (nSPS) is 14.9. The lowest BCUT2D eigenvalue weighted by atomic mass is 10.2. The lowest BCUT2D eigenvalue weighted by Crippen LogP contribution is -2.35. The van der Waals surface area contributed by atoms with E-state index in [9.17, 15) is 4.79 Å². The first-order valence-corrected chi connectivity index (χ1v) is 10.5. The van der Waals surface area contributed by atoms with E-state index >= 15 is 0 Å². The molecule has 0 saturated carbocycles. The number of carbonyl (C=O) groups excluding carboxylic acids is 1. The van der Waals surface area contributed by atoms with Crippen molar-refractivity contribution in [3.05, 3.63) is 89.2 Å². The highest BCUT2D eigenvalue weighted by Crippen LogP contribution is 2.26. The van der Waals surface area contributed by atoms with Gasteiger partial charge in [-0.2, -0.15) is 0 Å². The fourth-order valence-corrected chi connectivity index (χ4v) is 3.86. The van der Waals surface area contributed by atoms with E-state index < -0.39 is 0 Å². The summed E-state index contributed by atoms with van der Waals surface area (Å²) in [6.45, 7) is 3.90. The smallest absolute Gasteiger partial charge is 0.255 e. The molecule has 154 valence electrons. The van der Waals surface area contributed by atoms with Crippen LogP contribution < -0.4 is 4.74 Å². The number of hydrogen-bond acceptors (Lipinski definition) is 4. The summed E-state index contributed by atoms with van der Waals surface area (Å²) in [5, 5.41) is 0.505. The van der Waals surface area contributed by atoms with Gasteiger partial charge in [-0.1, -0.05) is 41.9 Å². The van der Waals surface area contributed by atoms with Gasteiger partial charge in [0.05, 0.1) is 16.8 Å². The summed E-state index contributed by atoms with van der Waals surface area (Å²) in [4.78, 5) is 21.3. The van der Waals surface area contributed by atoms with Crippen LogP contribution in [-0.4, -0.2) is 46.9 Å². The van der Waals surface area contributed by atoms with Crippen molar-refractivity contribution < 1.29 is 9.53 Å². The van der Waals surface area contributed by atoms with Crippen molar-refractivity contribution in [3.8, 4) is 11.5 Å². The number of halogens is 1. The summed E-state index contributed by atoms with van der Waals surface area (Å²) >= 11 is 6.22. The first kappa shape index (κ1) is 20.4. The van der Waals surface area contributed by atoms with Crippen LogP contribution in [0.2, 0.25) is 5.02 Å². The zero-order valence-electron chi connectivity index (χ0n) is 16.7. The van der Waals surface area contributed by atoms with Crippen molar-refractivity contribution >= 4 is 17.5 Å². The molecule has 6 heteroatoms. The van der Waals surface area contributed by atoms with Gasteiger partial charge in [-0.25, -0.2) is 0 Å². The van der Waals surface area contributed by atoms with Crippen molar-refractivity contribution in [3.63, 3.8) is 0 Å². The molecule has 0 aliphatic carbocycles. The number of nitrogens with zero attached hydrogens (tertiary/aromatic N) is 3. The topological polar surface area (TPSA) is 45.7 Å². The van der Waals surface area contributed by atoms with E-state index in [1.54, 1.807) is 24.5 Å². The molecule has 4 rings (SSSR count). The monoisotopic (exact) mass is 421 g/mol. The van der Waals surface area contributed by atoms with E-state index in [-0.39, 0.29) is 5.91 Å². The quantitative estimate of drug-likeness (QED) is 0.589. The average Bonchev–Trinajstić information content (AvgIpc) is 3.01.